The molecule has 0 radical (unpaired) electrons. The first-order valence-corrected chi connectivity index (χ1v) is 8.73. The Labute approximate surface area is 134 Å². The molecule has 1 nitrogen and oxygen atoms in total. The van der Waals surface area contributed by atoms with Crippen LogP contribution >= 0.6 is 27.7 Å². The maximum absolute atomic E-state index is 3.67. The van der Waals surface area contributed by atoms with Crippen molar-refractivity contribution in [3.63, 3.8) is 0 Å². The van der Waals surface area contributed by atoms with E-state index in [0.717, 1.165) is 18.8 Å². The van der Waals surface area contributed by atoms with Crippen LogP contribution < -0.4 is 5.32 Å². The van der Waals surface area contributed by atoms with Crippen molar-refractivity contribution >= 4 is 27.7 Å². The van der Waals surface area contributed by atoms with Gasteiger partial charge in [-0.25, -0.2) is 0 Å². The van der Waals surface area contributed by atoms with Crippen molar-refractivity contribution in [3.05, 3.63) is 64.1 Å². The van der Waals surface area contributed by atoms with Crippen LogP contribution in [0.5, 0.6) is 0 Å². The van der Waals surface area contributed by atoms with Gasteiger partial charge in [0.05, 0.1) is 0 Å². The van der Waals surface area contributed by atoms with Crippen LogP contribution in [0.4, 0.5) is 0 Å². The third-order valence-corrected chi connectivity index (χ3v) is 4.82. The van der Waals surface area contributed by atoms with E-state index in [1.54, 1.807) is 0 Å². The predicted molar refractivity (Wildman–Crippen MR) is 92.1 cm³/mol. The third kappa shape index (κ3) is 4.97. The van der Waals surface area contributed by atoms with E-state index < -0.39 is 0 Å². The first kappa shape index (κ1) is 15.6. The van der Waals surface area contributed by atoms with Gasteiger partial charge >= 0.3 is 0 Å². The fraction of sp³-hybridized carbons (Fsp3) is 0.294. The molecule has 0 aromatic heterocycles. The smallest absolute Gasteiger partial charge is 0.0231 e. The van der Waals surface area contributed by atoms with Crippen molar-refractivity contribution in [2.24, 2.45) is 0 Å². The Balaban J connectivity index is 1.91. The highest BCUT2D eigenvalue weighted by Crippen LogP contribution is 2.27. The average molecular weight is 350 g/mol. The van der Waals surface area contributed by atoms with Crippen molar-refractivity contribution in [3.8, 4) is 0 Å². The zero-order valence-electron chi connectivity index (χ0n) is 11.7. The van der Waals surface area contributed by atoms with Gasteiger partial charge in [-0.1, -0.05) is 59.3 Å². The van der Waals surface area contributed by atoms with Crippen molar-refractivity contribution in [2.45, 2.75) is 30.5 Å². The summed E-state index contributed by atoms with van der Waals surface area (Å²) in [5.41, 5.74) is 2.69. The molecule has 0 aliphatic carbocycles. The van der Waals surface area contributed by atoms with Crippen molar-refractivity contribution in [2.75, 3.05) is 6.54 Å². The summed E-state index contributed by atoms with van der Waals surface area (Å²) in [6, 6.07) is 17.2. The van der Waals surface area contributed by atoms with Crippen LogP contribution in [0.2, 0.25) is 0 Å². The molecule has 1 N–H and O–H groups in total. The summed E-state index contributed by atoms with van der Waals surface area (Å²) >= 11 is 5.55. The van der Waals surface area contributed by atoms with Gasteiger partial charge in [0.15, 0.2) is 0 Å². The minimum Gasteiger partial charge on any atom is -0.313 e. The van der Waals surface area contributed by atoms with Crippen molar-refractivity contribution < 1.29 is 0 Å². The lowest BCUT2D eigenvalue weighted by atomic mass is 10.2. The number of halogens is 1. The molecule has 0 atom stereocenters. The fourth-order valence-corrected chi connectivity index (χ4v) is 3.46. The van der Waals surface area contributed by atoms with Crippen LogP contribution in [0.1, 0.15) is 24.5 Å². The molecule has 2 aromatic carbocycles. The molecule has 0 aliphatic rings. The Morgan fingerprint density at radius 1 is 1.10 bits per heavy atom. The van der Waals surface area contributed by atoms with Gasteiger partial charge in [0.2, 0.25) is 0 Å². The van der Waals surface area contributed by atoms with Crippen molar-refractivity contribution in [1.29, 1.82) is 0 Å². The summed E-state index contributed by atoms with van der Waals surface area (Å²) in [6.45, 7) is 4.18. The van der Waals surface area contributed by atoms with Gasteiger partial charge in [-0.3, -0.25) is 0 Å². The molecule has 0 heterocycles. The maximum Gasteiger partial charge on any atom is 0.0231 e. The largest absolute Gasteiger partial charge is 0.313 e. The minimum atomic E-state index is 0.929. The zero-order valence-corrected chi connectivity index (χ0v) is 14.1. The normalized spacial score (nSPS) is 10.7. The second-order valence-electron chi connectivity index (χ2n) is 4.70. The Kier molecular flexibility index (Phi) is 6.64. The summed E-state index contributed by atoms with van der Waals surface area (Å²) < 4.78 is 1.19. The van der Waals surface area contributed by atoms with Crippen molar-refractivity contribution in [1.82, 2.24) is 5.32 Å². The Hall–Kier alpha value is -0.770. The standard InChI is InChI=1S/C17H20BrNS/c1-2-10-19-12-15-8-9-16(11-17(15)18)20-13-14-6-4-3-5-7-14/h3-9,11,19H,2,10,12-13H2,1H3. The molecule has 2 rings (SSSR count). The molecule has 0 fully saturated rings. The van der Waals surface area contributed by atoms with Crippen LogP contribution in [-0.4, -0.2) is 6.54 Å². The van der Waals surface area contributed by atoms with Crippen LogP contribution in [0.25, 0.3) is 0 Å². The monoisotopic (exact) mass is 349 g/mol. The van der Waals surface area contributed by atoms with Gasteiger partial charge in [-0.2, -0.15) is 0 Å². The van der Waals surface area contributed by atoms with E-state index in [4.69, 9.17) is 0 Å². The third-order valence-electron chi connectivity index (χ3n) is 3.02. The molecule has 3 heteroatoms. The minimum absolute atomic E-state index is 0.929. The first-order chi connectivity index (χ1) is 9.79. The SMILES string of the molecule is CCCNCc1ccc(SCc2ccccc2)cc1Br. The summed E-state index contributed by atoms with van der Waals surface area (Å²) in [5.74, 6) is 1.01. The highest BCUT2D eigenvalue weighted by atomic mass is 79.9. The van der Waals surface area contributed by atoms with E-state index in [1.165, 1.54) is 26.9 Å². The van der Waals surface area contributed by atoms with Gasteiger partial charge in [-0.05, 0) is 36.2 Å². The van der Waals surface area contributed by atoms with Gasteiger partial charge in [-0.15, -0.1) is 11.8 Å². The quantitative estimate of drug-likeness (QED) is 0.541. The van der Waals surface area contributed by atoms with Crippen LogP contribution in [-0.2, 0) is 12.3 Å². The molecular formula is C17H20BrNS. The summed E-state index contributed by atoms with van der Waals surface area (Å²) in [7, 11) is 0. The maximum atomic E-state index is 3.67. The van der Waals surface area contributed by atoms with E-state index in [1.807, 2.05) is 11.8 Å². The molecular weight excluding hydrogens is 330 g/mol. The molecule has 0 saturated heterocycles. The van der Waals surface area contributed by atoms with Gasteiger partial charge in [0, 0.05) is 21.7 Å². The number of benzene rings is 2. The average Bonchev–Trinajstić information content (AvgIpc) is 2.48. The number of nitrogens with one attached hydrogen (secondary N) is 1. The second-order valence-corrected chi connectivity index (χ2v) is 6.61. The lowest BCUT2D eigenvalue weighted by molar-refractivity contribution is 0.673. The van der Waals surface area contributed by atoms with E-state index in [2.05, 4.69) is 76.7 Å². The van der Waals surface area contributed by atoms with E-state index in [-0.39, 0.29) is 0 Å². The highest BCUT2D eigenvalue weighted by Gasteiger charge is 2.02. The van der Waals surface area contributed by atoms with Gasteiger partial charge in [0.25, 0.3) is 0 Å². The summed E-state index contributed by atoms with van der Waals surface area (Å²) in [5, 5.41) is 3.43. The lowest BCUT2D eigenvalue weighted by Crippen LogP contribution is -2.14. The van der Waals surface area contributed by atoms with E-state index in [9.17, 15) is 0 Å². The second kappa shape index (κ2) is 8.50. The Bertz CT molecular complexity index is 528. The molecule has 0 saturated carbocycles. The number of hydrogen-bond donors (Lipinski definition) is 1. The highest BCUT2D eigenvalue weighted by molar-refractivity contribution is 9.10. The van der Waals surface area contributed by atoms with Crippen LogP contribution in [0, 0.1) is 0 Å². The van der Waals surface area contributed by atoms with Gasteiger partial charge in [0.1, 0.15) is 0 Å². The zero-order chi connectivity index (χ0) is 14.2. The van der Waals surface area contributed by atoms with E-state index in [0.29, 0.717) is 0 Å². The number of rotatable bonds is 7. The predicted octanol–water partition coefficient (Wildman–Crippen LogP) is 5.24. The molecule has 2 aromatic rings. The molecule has 0 bridgehead atoms. The Morgan fingerprint density at radius 3 is 2.60 bits per heavy atom. The molecule has 106 valence electrons. The topological polar surface area (TPSA) is 12.0 Å². The van der Waals surface area contributed by atoms with Gasteiger partial charge < -0.3 is 5.32 Å². The fourth-order valence-electron chi connectivity index (χ4n) is 1.90. The summed E-state index contributed by atoms with van der Waals surface area (Å²) in [6.07, 6.45) is 1.17. The molecule has 0 aliphatic heterocycles. The van der Waals surface area contributed by atoms with Crippen LogP contribution in [0.3, 0.4) is 0 Å². The van der Waals surface area contributed by atoms with E-state index >= 15 is 0 Å². The number of thioether (sulfide) groups is 1. The summed E-state index contributed by atoms with van der Waals surface area (Å²) in [4.78, 5) is 1.31. The number of hydrogen-bond acceptors (Lipinski definition) is 2. The molecule has 0 spiro atoms. The lowest BCUT2D eigenvalue weighted by Gasteiger charge is -2.08. The van der Waals surface area contributed by atoms with Crippen LogP contribution in [0.15, 0.2) is 57.9 Å². The Morgan fingerprint density at radius 2 is 1.90 bits per heavy atom. The molecule has 0 amide bonds. The first-order valence-electron chi connectivity index (χ1n) is 6.95. The molecule has 0 unspecified atom stereocenters. The molecule has 20 heavy (non-hydrogen) atoms.